The first-order valence-electron chi connectivity index (χ1n) is 6.26. The van der Waals surface area contributed by atoms with Crippen LogP contribution in [0.1, 0.15) is 19.4 Å². The predicted molar refractivity (Wildman–Crippen MR) is 73.4 cm³/mol. The van der Waals surface area contributed by atoms with E-state index >= 15 is 0 Å². The van der Waals surface area contributed by atoms with E-state index in [9.17, 15) is 8.42 Å². The predicted octanol–water partition coefficient (Wildman–Crippen LogP) is 1.24. The highest BCUT2D eigenvalue weighted by Crippen LogP contribution is 2.11. The molecule has 1 aromatic carbocycles. The average Bonchev–Trinajstić information content (AvgIpc) is 2.45. The molecule has 0 fully saturated rings. The molecular weight excluding hydrogens is 280 g/mol. The SMILES string of the molecule is CCOC(CNS(=O)(=O)c1cccc(C#N)c1)OCC. The minimum atomic E-state index is -3.69. The molecule has 1 N–H and O–H groups in total. The maximum atomic E-state index is 12.1. The molecule has 20 heavy (non-hydrogen) atoms. The molecule has 7 heteroatoms. The van der Waals surface area contributed by atoms with Crippen LogP contribution in [0.5, 0.6) is 0 Å². The molecule has 0 aromatic heterocycles. The number of hydrogen-bond donors (Lipinski definition) is 1. The van der Waals surface area contributed by atoms with E-state index in [1.54, 1.807) is 19.9 Å². The molecule has 0 aliphatic heterocycles. The summed E-state index contributed by atoms with van der Waals surface area (Å²) >= 11 is 0. The monoisotopic (exact) mass is 298 g/mol. The lowest BCUT2D eigenvalue weighted by atomic mass is 10.2. The normalized spacial score (nSPS) is 11.5. The Morgan fingerprint density at radius 1 is 1.30 bits per heavy atom. The molecule has 0 atom stereocenters. The molecule has 0 saturated carbocycles. The number of benzene rings is 1. The number of hydrogen-bond acceptors (Lipinski definition) is 5. The van der Waals surface area contributed by atoms with Gasteiger partial charge in [-0.2, -0.15) is 5.26 Å². The van der Waals surface area contributed by atoms with E-state index in [-0.39, 0.29) is 11.4 Å². The Bertz CT molecular complexity index is 560. The van der Waals surface area contributed by atoms with Crippen molar-refractivity contribution in [2.45, 2.75) is 25.0 Å². The van der Waals surface area contributed by atoms with Gasteiger partial charge in [-0.25, -0.2) is 13.1 Å². The van der Waals surface area contributed by atoms with Gasteiger partial charge in [-0.3, -0.25) is 0 Å². The molecule has 0 bridgehead atoms. The van der Waals surface area contributed by atoms with Gasteiger partial charge in [0.05, 0.1) is 23.1 Å². The Balaban J connectivity index is 2.76. The lowest BCUT2D eigenvalue weighted by molar-refractivity contribution is -0.130. The van der Waals surface area contributed by atoms with Crippen LogP contribution in [0.25, 0.3) is 0 Å². The third kappa shape index (κ3) is 4.90. The molecule has 0 saturated heterocycles. The van der Waals surface area contributed by atoms with Gasteiger partial charge in [0.2, 0.25) is 10.0 Å². The minimum Gasteiger partial charge on any atom is -0.352 e. The van der Waals surface area contributed by atoms with Crippen molar-refractivity contribution in [2.75, 3.05) is 19.8 Å². The van der Waals surface area contributed by atoms with Crippen LogP contribution in [0.4, 0.5) is 0 Å². The molecule has 0 unspecified atom stereocenters. The van der Waals surface area contributed by atoms with Crippen LogP contribution in [-0.2, 0) is 19.5 Å². The summed E-state index contributed by atoms with van der Waals surface area (Å²) in [4.78, 5) is 0.0447. The van der Waals surface area contributed by atoms with Crippen LogP contribution in [0.3, 0.4) is 0 Å². The maximum Gasteiger partial charge on any atom is 0.240 e. The van der Waals surface area contributed by atoms with E-state index < -0.39 is 16.3 Å². The van der Waals surface area contributed by atoms with Crippen LogP contribution in [-0.4, -0.2) is 34.5 Å². The van der Waals surface area contributed by atoms with Crippen molar-refractivity contribution in [3.63, 3.8) is 0 Å². The summed E-state index contributed by atoms with van der Waals surface area (Å²) in [7, 11) is -3.69. The first-order chi connectivity index (χ1) is 9.53. The molecule has 0 heterocycles. The zero-order chi connectivity index (χ0) is 15.0. The molecule has 0 aliphatic carbocycles. The van der Waals surface area contributed by atoms with E-state index in [0.717, 1.165) is 0 Å². The highest BCUT2D eigenvalue weighted by molar-refractivity contribution is 7.89. The van der Waals surface area contributed by atoms with E-state index in [1.165, 1.54) is 18.2 Å². The van der Waals surface area contributed by atoms with E-state index in [1.807, 2.05) is 6.07 Å². The molecular formula is C13H18N2O4S. The summed E-state index contributed by atoms with van der Waals surface area (Å²) in [6.45, 7) is 4.47. The van der Waals surface area contributed by atoms with Gasteiger partial charge in [0, 0.05) is 13.2 Å². The maximum absolute atomic E-state index is 12.1. The molecule has 110 valence electrons. The zero-order valence-corrected chi connectivity index (χ0v) is 12.3. The third-order valence-electron chi connectivity index (χ3n) is 2.42. The minimum absolute atomic E-state index is 0.0147. The van der Waals surface area contributed by atoms with Gasteiger partial charge < -0.3 is 9.47 Å². The second-order valence-corrected chi connectivity index (χ2v) is 5.60. The summed E-state index contributed by atoms with van der Waals surface area (Å²) < 4.78 is 37.1. The van der Waals surface area contributed by atoms with Crippen LogP contribution >= 0.6 is 0 Å². The van der Waals surface area contributed by atoms with Crippen molar-refractivity contribution in [3.05, 3.63) is 29.8 Å². The first kappa shape index (κ1) is 16.6. The molecule has 1 rings (SSSR count). The van der Waals surface area contributed by atoms with Gasteiger partial charge in [-0.1, -0.05) is 6.07 Å². The number of sulfonamides is 1. The number of rotatable bonds is 8. The summed E-state index contributed by atoms with van der Waals surface area (Å²) in [5.41, 5.74) is 0.291. The van der Waals surface area contributed by atoms with E-state index in [2.05, 4.69) is 4.72 Å². The number of ether oxygens (including phenoxy) is 2. The molecule has 6 nitrogen and oxygen atoms in total. The summed E-state index contributed by atoms with van der Waals surface area (Å²) in [5, 5.41) is 8.78. The average molecular weight is 298 g/mol. The fourth-order valence-corrected chi connectivity index (χ4v) is 2.59. The van der Waals surface area contributed by atoms with E-state index in [0.29, 0.717) is 18.8 Å². The Morgan fingerprint density at radius 2 is 1.95 bits per heavy atom. The van der Waals surface area contributed by atoms with Crippen molar-refractivity contribution in [2.24, 2.45) is 0 Å². The van der Waals surface area contributed by atoms with Crippen molar-refractivity contribution >= 4 is 10.0 Å². The van der Waals surface area contributed by atoms with Gasteiger partial charge in [-0.15, -0.1) is 0 Å². The molecule has 0 spiro atoms. The van der Waals surface area contributed by atoms with Crippen LogP contribution in [0.2, 0.25) is 0 Å². The quantitative estimate of drug-likeness (QED) is 0.729. The van der Waals surface area contributed by atoms with Crippen molar-refractivity contribution < 1.29 is 17.9 Å². The molecule has 0 radical (unpaired) electrons. The van der Waals surface area contributed by atoms with Crippen LogP contribution in [0.15, 0.2) is 29.2 Å². The first-order valence-corrected chi connectivity index (χ1v) is 7.74. The Morgan fingerprint density at radius 3 is 2.50 bits per heavy atom. The second kappa shape index (κ2) is 7.97. The highest BCUT2D eigenvalue weighted by Gasteiger charge is 2.17. The third-order valence-corrected chi connectivity index (χ3v) is 3.84. The van der Waals surface area contributed by atoms with Gasteiger partial charge in [0.1, 0.15) is 0 Å². The van der Waals surface area contributed by atoms with Crippen LogP contribution in [0, 0.1) is 11.3 Å². The fourth-order valence-electron chi connectivity index (χ4n) is 1.53. The van der Waals surface area contributed by atoms with Crippen LogP contribution < -0.4 is 4.72 Å². The lowest BCUT2D eigenvalue weighted by Gasteiger charge is -2.17. The smallest absolute Gasteiger partial charge is 0.240 e. The van der Waals surface area contributed by atoms with Crippen molar-refractivity contribution in [1.29, 1.82) is 5.26 Å². The summed E-state index contributed by atoms with van der Waals surface area (Å²) in [6.07, 6.45) is -0.626. The summed E-state index contributed by atoms with van der Waals surface area (Å²) in [6, 6.07) is 7.72. The topological polar surface area (TPSA) is 88.4 Å². The second-order valence-electron chi connectivity index (χ2n) is 3.83. The van der Waals surface area contributed by atoms with E-state index in [4.69, 9.17) is 14.7 Å². The highest BCUT2D eigenvalue weighted by atomic mass is 32.2. The standard InChI is InChI=1S/C13H18N2O4S/c1-3-18-13(19-4-2)10-15-20(16,17)12-7-5-6-11(8-12)9-14/h5-8,13,15H,3-4,10H2,1-2H3. The molecule has 0 amide bonds. The lowest BCUT2D eigenvalue weighted by Crippen LogP contribution is -2.35. The van der Waals surface area contributed by atoms with Gasteiger partial charge >= 0.3 is 0 Å². The number of nitriles is 1. The van der Waals surface area contributed by atoms with Gasteiger partial charge in [-0.05, 0) is 32.0 Å². The number of nitrogens with zero attached hydrogens (tertiary/aromatic N) is 1. The van der Waals surface area contributed by atoms with Crippen molar-refractivity contribution in [1.82, 2.24) is 4.72 Å². The van der Waals surface area contributed by atoms with Crippen molar-refractivity contribution in [3.8, 4) is 6.07 Å². The Hall–Kier alpha value is -1.46. The summed E-state index contributed by atoms with van der Waals surface area (Å²) in [5.74, 6) is 0. The zero-order valence-electron chi connectivity index (χ0n) is 11.5. The number of nitrogens with one attached hydrogen (secondary N) is 1. The fraction of sp³-hybridized carbons (Fsp3) is 0.462. The molecule has 0 aliphatic rings. The van der Waals surface area contributed by atoms with Gasteiger partial charge in [0.15, 0.2) is 6.29 Å². The Kier molecular flexibility index (Phi) is 6.61. The largest absolute Gasteiger partial charge is 0.352 e. The Labute approximate surface area is 119 Å². The van der Waals surface area contributed by atoms with Gasteiger partial charge in [0.25, 0.3) is 0 Å². The molecule has 1 aromatic rings.